The normalized spacial score (nSPS) is 10.7. The number of aromatic hydroxyl groups is 1. The van der Waals surface area contributed by atoms with Crippen molar-refractivity contribution in [2.45, 2.75) is 13.0 Å². The third kappa shape index (κ3) is 4.21. The molecular formula is C19H17ClFN3O2. The Hall–Kier alpha value is -2.86. The van der Waals surface area contributed by atoms with E-state index in [-0.39, 0.29) is 28.9 Å². The highest BCUT2D eigenvalue weighted by atomic mass is 35.5. The highest BCUT2D eigenvalue weighted by molar-refractivity contribution is 6.32. The standard InChI is InChI=1S/C19H17ClFN3O2/c1-23(19(26)9-13-2-7-18(25)17(20)8-13)11-14-10-22-24(12-14)16-5-3-15(21)4-6-16/h2-8,10,12,25H,9,11H2,1H3. The molecule has 26 heavy (non-hydrogen) atoms. The van der Waals surface area contributed by atoms with Crippen molar-refractivity contribution in [3.63, 3.8) is 0 Å². The summed E-state index contributed by atoms with van der Waals surface area (Å²) in [5.74, 6) is -0.397. The average molecular weight is 374 g/mol. The van der Waals surface area contributed by atoms with Crippen molar-refractivity contribution in [2.75, 3.05) is 7.05 Å². The van der Waals surface area contributed by atoms with Gasteiger partial charge in [-0.1, -0.05) is 17.7 Å². The van der Waals surface area contributed by atoms with Crippen LogP contribution in [0.3, 0.4) is 0 Å². The van der Waals surface area contributed by atoms with E-state index in [0.717, 1.165) is 16.8 Å². The Morgan fingerprint density at radius 1 is 1.23 bits per heavy atom. The number of hydrogen-bond acceptors (Lipinski definition) is 3. The number of halogens is 2. The predicted molar refractivity (Wildman–Crippen MR) is 96.8 cm³/mol. The maximum Gasteiger partial charge on any atom is 0.227 e. The van der Waals surface area contributed by atoms with Gasteiger partial charge in [0.15, 0.2) is 0 Å². The molecule has 3 rings (SSSR count). The number of carbonyl (C=O) groups excluding carboxylic acids is 1. The van der Waals surface area contributed by atoms with E-state index in [1.807, 2.05) is 0 Å². The van der Waals surface area contributed by atoms with Crippen molar-refractivity contribution in [3.8, 4) is 11.4 Å². The summed E-state index contributed by atoms with van der Waals surface area (Å²) in [5.41, 5.74) is 2.32. The zero-order chi connectivity index (χ0) is 18.7. The molecule has 0 bridgehead atoms. The average Bonchev–Trinajstić information content (AvgIpc) is 3.07. The maximum absolute atomic E-state index is 13.0. The van der Waals surface area contributed by atoms with E-state index < -0.39 is 0 Å². The van der Waals surface area contributed by atoms with Crippen molar-refractivity contribution in [1.29, 1.82) is 0 Å². The summed E-state index contributed by atoms with van der Waals surface area (Å²) in [6.07, 6.45) is 3.65. The van der Waals surface area contributed by atoms with Crippen LogP contribution in [0.1, 0.15) is 11.1 Å². The van der Waals surface area contributed by atoms with E-state index in [0.29, 0.717) is 6.54 Å². The summed E-state index contributed by atoms with van der Waals surface area (Å²) < 4.78 is 14.6. The molecule has 0 aliphatic heterocycles. The Balaban J connectivity index is 1.64. The van der Waals surface area contributed by atoms with Crippen molar-refractivity contribution >= 4 is 17.5 Å². The lowest BCUT2D eigenvalue weighted by atomic mass is 10.1. The smallest absolute Gasteiger partial charge is 0.227 e. The van der Waals surface area contributed by atoms with Crippen LogP contribution in [-0.2, 0) is 17.8 Å². The molecule has 0 aliphatic rings. The molecule has 1 aromatic heterocycles. The van der Waals surface area contributed by atoms with Crippen LogP contribution in [-0.4, -0.2) is 32.7 Å². The number of aromatic nitrogens is 2. The van der Waals surface area contributed by atoms with Gasteiger partial charge < -0.3 is 10.0 Å². The Morgan fingerprint density at radius 3 is 2.65 bits per heavy atom. The van der Waals surface area contributed by atoms with Crippen LogP contribution in [0.15, 0.2) is 54.9 Å². The van der Waals surface area contributed by atoms with Gasteiger partial charge in [0.25, 0.3) is 0 Å². The van der Waals surface area contributed by atoms with Crippen molar-refractivity contribution in [1.82, 2.24) is 14.7 Å². The van der Waals surface area contributed by atoms with Gasteiger partial charge >= 0.3 is 0 Å². The molecule has 0 atom stereocenters. The monoisotopic (exact) mass is 373 g/mol. The second-order valence-corrected chi connectivity index (χ2v) is 6.39. The lowest BCUT2D eigenvalue weighted by molar-refractivity contribution is -0.129. The van der Waals surface area contributed by atoms with Gasteiger partial charge in [-0.2, -0.15) is 5.10 Å². The Morgan fingerprint density at radius 2 is 1.96 bits per heavy atom. The van der Waals surface area contributed by atoms with E-state index in [2.05, 4.69) is 5.10 Å². The highest BCUT2D eigenvalue weighted by Gasteiger charge is 2.13. The number of carbonyl (C=O) groups is 1. The van der Waals surface area contributed by atoms with Gasteiger partial charge in [-0.25, -0.2) is 9.07 Å². The molecule has 5 nitrogen and oxygen atoms in total. The molecule has 0 spiro atoms. The molecular weight excluding hydrogens is 357 g/mol. The van der Waals surface area contributed by atoms with Gasteiger partial charge in [0.05, 0.1) is 23.3 Å². The minimum atomic E-state index is -0.305. The minimum absolute atomic E-state index is 0.00979. The van der Waals surface area contributed by atoms with Crippen molar-refractivity contribution < 1.29 is 14.3 Å². The van der Waals surface area contributed by atoms with Crippen LogP contribution >= 0.6 is 11.6 Å². The number of phenols is 1. The molecule has 134 valence electrons. The zero-order valence-corrected chi connectivity index (χ0v) is 14.8. The molecule has 0 saturated carbocycles. The fraction of sp³-hybridized carbons (Fsp3) is 0.158. The Labute approximate surface area is 155 Å². The summed E-state index contributed by atoms with van der Waals surface area (Å²) in [6, 6.07) is 10.7. The van der Waals surface area contributed by atoms with Gasteiger partial charge in [0, 0.05) is 25.4 Å². The Kier molecular flexibility index (Phi) is 5.23. The fourth-order valence-corrected chi connectivity index (χ4v) is 2.71. The maximum atomic E-state index is 13.0. The largest absolute Gasteiger partial charge is 0.506 e. The van der Waals surface area contributed by atoms with E-state index in [1.165, 1.54) is 18.2 Å². The summed E-state index contributed by atoms with van der Waals surface area (Å²) in [7, 11) is 1.71. The molecule has 0 unspecified atom stereocenters. The van der Waals surface area contributed by atoms with Crippen LogP contribution in [0.2, 0.25) is 5.02 Å². The summed E-state index contributed by atoms with van der Waals surface area (Å²) in [4.78, 5) is 14.0. The molecule has 0 radical (unpaired) electrons. The van der Waals surface area contributed by atoms with E-state index in [9.17, 15) is 14.3 Å². The zero-order valence-electron chi connectivity index (χ0n) is 14.1. The number of rotatable bonds is 5. The number of hydrogen-bond donors (Lipinski definition) is 1. The third-order valence-corrected chi connectivity index (χ3v) is 4.24. The lowest BCUT2D eigenvalue weighted by Crippen LogP contribution is -2.27. The van der Waals surface area contributed by atoms with Crippen LogP contribution < -0.4 is 0 Å². The van der Waals surface area contributed by atoms with Gasteiger partial charge in [-0.05, 0) is 42.0 Å². The second kappa shape index (κ2) is 7.58. The molecule has 2 aromatic carbocycles. The quantitative estimate of drug-likeness (QED) is 0.743. The molecule has 7 heteroatoms. The molecule has 1 N–H and O–H groups in total. The van der Waals surface area contributed by atoms with Crippen molar-refractivity contribution in [3.05, 3.63) is 76.8 Å². The first kappa shape index (κ1) is 17.9. The summed E-state index contributed by atoms with van der Waals surface area (Å²) >= 11 is 5.87. The van der Waals surface area contributed by atoms with Crippen LogP contribution in [0.5, 0.6) is 5.75 Å². The predicted octanol–water partition coefficient (Wildman–Crippen LogP) is 3.57. The molecule has 0 saturated heterocycles. The Bertz CT molecular complexity index is 925. The topological polar surface area (TPSA) is 58.4 Å². The highest BCUT2D eigenvalue weighted by Crippen LogP contribution is 2.24. The first-order valence-electron chi connectivity index (χ1n) is 7.93. The SMILES string of the molecule is CN(Cc1cnn(-c2ccc(F)cc2)c1)C(=O)Cc1ccc(O)c(Cl)c1. The fourth-order valence-electron chi connectivity index (χ4n) is 2.51. The molecule has 0 fully saturated rings. The van der Waals surface area contributed by atoms with Gasteiger partial charge in [0.2, 0.25) is 5.91 Å². The minimum Gasteiger partial charge on any atom is -0.506 e. The number of likely N-dealkylation sites (N-methyl/N-ethyl adjacent to an activating group) is 1. The third-order valence-electron chi connectivity index (χ3n) is 3.94. The first-order chi connectivity index (χ1) is 12.4. The second-order valence-electron chi connectivity index (χ2n) is 5.98. The first-order valence-corrected chi connectivity index (χ1v) is 8.31. The molecule has 0 aliphatic carbocycles. The van der Waals surface area contributed by atoms with E-state index >= 15 is 0 Å². The molecule has 1 heterocycles. The number of benzene rings is 2. The number of phenolic OH excluding ortho intramolecular Hbond substituents is 1. The van der Waals surface area contributed by atoms with Crippen molar-refractivity contribution in [2.24, 2.45) is 0 Å². The number of amides is 1. The van der Waals surface area contributed by atoms with Gasteiger partial charge in [-0.3, -0.25) is 4.79 Å². The summed E-state index contributed by atoms with van der Waals surface area (Å²) in [5, 5.41) is 13.9. The van der Waals surface area contributed by atoms with E-state index in [1.54, 1.807) is 53.3 Å². The van der Waals surface area contributed by atoms with E-state index in [4.69, 9.17) is 11.6 Å². The van der Waals surface area contributed by atoms with Crippen LogP contribution in [0, 0.1) is 5.82 Å². The van der Waals surface area contributed by atoms with Crippen LogP contribution in [0.25, 0.3) is 5.69 Å². The molecule has 1 amide bonds. The lowest BCUT2D eigenvalue weighted by Gasteiger charge is -2.16. The number of nitrogens with zero attached hydrogens (tertiary/aromatic N) is 3. The molecule has 3 aromatic rings. The van der Waals surface area contributed by atoms with Gasteiger partial charge in [0.1, 0.15) is 11.6 Å². The summed E-state index contributed by atoms with van der Waals surface area (Å²) in [6.45, 7) is 0.395. The van der Waals surface area contributed by atoms with Gasteiger partial charge in [-0.15, -0.1) is 0 Å². The van der Waals surface area contributed by atoms with Crippen LogP contribution in [0.4, 0.5) is 4.39 Å².